The molecule has 0 aliphatic carbocycles. The average Bonchev–Trinajstić information content (AvgIpc) is 2.75. The van der Waals surface area contributed by atoms with Crippen LogP contribution in [0.1, 0.15) is 12.8 Å². The number of amides is 1. The Hall–Kier alpha value is -0.940. The number of rotatable bonds is 2. The summed E-state index contributed by atoms with van der Waals surface area (Å²) in [5.74, 6) is -0.737. The van der Waals surface area contributed by atoms with Gasteiger partial charge in [0.1, 0.15) is 11.9 Å². The highest BCUT2D eigenvalue weighted by Crippen LogP contribution is 2.21. The van der Waals surface area contributed by atoms with E-state index in [-0.39, 0.29) is 11.6 Å². The number of carbonyl (C=O) groups excluding carboxylic acids is 1. The van der Waals surface area contributed by atoms with Crippen LogP contribution in [0.2, 0.25) is 0 Å². The van der Waals surface area contributed by atoms with Crippen LogP contribution in [0.5, 0.6) is 0 Å². The molecule has 5 heteroatoms. The summed E-state index contributed by atoms with van der Waals surface area (Å²) >= 11 is 3.15. The van der Waals surface area contributed by atoms with Crippen molar-refractivity contribution >= 4 is 27.5 Å². The molecule has 0 spiro atoms. The fourth-order valence-corrected chi connectivity index (χ4v) is 1.92. The standard InChI is InChI=1S/C11H11BrFNO2/c12-7-3-4-9(8(13)6-7)14-11(15)10-2-1-5-16-10/h3-4,6,10H,1-2,5H2,(H,14,15)/t10-/m1/s1. The molecule has 3 nitrogen and oxygen atoms in total. The SMILES string of the molecule is O=C(Nc1ccc(Br)cc1F)[C@H]1CCCO1. The van der Waals surface area contributed by atoms with Gasteiger partial charge in [-0.15, -0.1) is 0 Å². The number of hydrogen-bond donors (Lipinski definition) is 1. The third-order valence-electron chi connectivity index (χ3n) is 2.41. The van der Waals surface area contributed by atoms with E-state index in [1.54, 1.807) is 6.07 Å². The first-order chi connectivity index (χ1) is 7.66. The van der Waals surface area contributed by atoms with Crippen molar-refractivity contribution in [2.24, 2.45) is 0 Å². The highest BCUT2D eigenvalue weighted by Gasteiger charge is 2.24. The molecule has 86 valence electrons. The normalized spacial score (nSPS) is 19.8. The maximum absolute atomic E-state index is 13.4. The molecule has 1 aliphatic rings. The molecular formula is C11H11BrFNO2. The number of carbonyl (C=O) groups is 1. The number of ether oxygens (including phenoxy) is 1. The number of hydrogen-bond acceptors (Lipinski definition) is 2. The lowest BCUT2D eigenvalue weighted by Gasteiger charge is -2.11. The summed E-state index contributed by atoms with van der Waals surface area (Å²) in [5, 5.41) is 2.52. The minimum Gasteiger partial charge on any atom is -0.368 e. The molecule has 1 atom stereocenters. The topological polar surface area (TPSA) is 38.3 Å². The summed E-state index contributed by atoms with van der Waals surface area (Å²) in [6, 6.07) is 4.51. The van der Waals surface area contributed by atoms with Crippen LogP contribution in [0.3, 0.4) is 0 Å². The number of nitrogens with one attached hydrogen (secondary N) is 1. The summed E-state index contributed by atoms with van der Waals surface area (Å²) in [6.45, 7) is 0.598. The maximum Gasteiger partial charge on any atom is 0.253 e. The van der Waals surface area contributed by atoms with Crippen LogP contribution in [-0.2, 0) is 9.53 Å². The Morgan fingerprint density at radius 1 is 1.56 bits per heavy atom. The molecule has 1 aromatic rings. The molecule has 0 unspecified atom stereocenters. The van der Waals surface area contributed by atoms with Crippen LogP contribution < -0.4 is 5.32 Å². The molecular weight excluding hydrogens is 277 g/mol. The third-order valence-corrected chi connectivity index (χ3v) is 2.90. The zero-order valence-electron chi connectivity index (χ0n) is 8.50. The monoisotopic (exact) mass is 287 g/mol. The second kappa shape index (κ2) is 4.93. The molecule has 0 aromatic heterocycles. The van der Waals surface area contributed by atoms with Crippen LogP contribution in [0.4, 0.5) is 10.1 Å². The van der Waals surface area contributed by atoms with Gasteiger partial charge in [-0.25, -0.2) is 4.39 Å². The average molecular weight is 288 g/mol. The zero-order chi connectivity index (χ0) is 11.5. The fourth-order valence-electron chi connectivity index (χ4n) is 1.59. The van der Waals surface area contributed by atoms with Gasteiger partial charge in [0, 0.05) is 11.1 Å². The molecule has 1 N–H and O–H groups in total. The van der Waals surface area contributed by atoms with Gasteiger partial charge in [0.2, 0.25) is 0 Å². The molecule has 1 amide bonds. The molecule has 1 fully saturated rings. The first-order valence-corrected chi connectivity index (χ1v) is 5.83. The highest BCUT2D eigenvalue weighted by atomic mass is 79.9. The van der Waals surface area contributed by atoms with E-state index in [2.05, 4.69) is 21.2 Å². The largest absolute Gasteiger partial charge is 0.368 e. The van der Waals surface area contributed by atoms with Crippen molar-refractivity contribution in [3.05, 3.63) is 28.5 Å². The van der Waals surface area contributed by atoms with Crippen molar-refractivity contribution in [1.82, 2.24) is 0 Å². The van der Waals surface area contributed by atoms with Crippen LogP contribution >= 0.6 is 15.9 Å². The molecule has 1 aliphatic heterocycles. The summed E-state index contributed by atoms with van der Waals surface area (Å²) in [7, 11) is 0. The van der Waals surface area contributed by atoms with E-state index in [1.807, 2.05) is 0 Å². The lowest BCUT2D eigenvalue weighted by atomic mass is 10.2. The Morgan fingerprint density at radius 3 is 3.00 bits per heavy atom. The van der Waals surface area contributed by atoms with Crippen molar-refractivity contribution in [1.29, 1.82) is 0 Å². The van der Waals surface area contributed by atoms with E-state index >= 15 is 0 Å². The predicted octanol–water partition coefficient (Wildman–Crippen LogP) is 2.71. The molecule has 1 aromatic carbocycles. The van der Waals surface area contributed by atoms with Gasteiger partial charge >= 0.3 is 0 Å². The fraction of sp³-hybridized carbons (Fsp3) is 0.364. The van der Waals surface area contributed by atoms with Crippen LogP contribution in [0, 0.1) is 5.82 Å². The smallest absolute Gasteiger partial charge is 0.253 e. The van der Waals surface area contributed by atoms with Crippen LogP contribution in [-0.4, -0.2) is 18.6 Å². The highest BCUT2D eigenvalue weighted by molar-refractivity contribution is 9.10. The van der Waals surface area contributed by atoms with Crippen molar-refractivity contribution < 1.29 is 13.9 Å². The molecule has 1 saturated heterocycles. The minimum absolute atomic E-state index is 0.184. The Balaban J connectivity index is 2.05. The lowest BCUT2D eigenvalue weighted by molar-refractivity contribution is -0.124. The Morgan fingerprint density at radius 2 is 2.38 bits per heavy atom. The van der Waals surface area contributed by atoms with Gasteiger partial charge in [0.15, 0.2) is 0 Å². The van der Waals surface area contributed by atoms with Crippen molar-refractivity contribution in [3.8, 4) is 0 Å². The van der Waals surface area contributed by atoms with Crippen molar-refractivity contribution in [2.45, 2.75) is 18.9 Å². The number of halogens is 2. The molecule has 0 saturated carbocycles. The Bertz CT molecular complexity index is 405. The molecule has 1 heterocycles. The van der Waals surface area contributed by atoms with E-state index in [0.717, 1.165) is 6.42 Å². The van der Waals surface area contributed by atoms with Crippen molar-refractivity contribution in [2.75, 3.05) is 11.9 Å². The summed E-state index contributed by atoms with van der Waals surface area (Å²) in [4.78, 5) is 11.6. The third kappa shape index (κ3) is 2.59. The van der Waals surface area contributed by atoms with Gasteiger partial charge in [-0.2, -0.15) is 0 Å². The molecule has 0 bridgehead atoms. The summed E-state index contributed by atoms with van der Waals surface area (Å²) in [5.41, 5.74) is 0.184. The second-order valence-electron chi connectivity index (χ2n) is 3.62. The lowest BCUT2D eigenvalue weighted by Crippen LogP contribution is -2.27. The second-order valence-corrected chi connectivity index (χ2v) is 4.53. The first kappa shape index (κ1) is 11.5. The minimum atomic E-state index is -0.458. The molecule has 16 heavy (non-hydrogen) atoms. The Labute approximate surface area is 101 Å². The van der Waals surface area contributed by atoms with E-state index in [4.69, 9.17) is 4.74 Å². The first-order valence-electron chi connectivity index (χ1n) is 5.04. The van der Waals surface area contributed by atoms with Crippen LogP contribution in [0.15, 0.2) is 22.7 Å². The molecule has 2 rings (SSSR count). The Kier molecular flexibility index (Phi) is 3.56. The quantitative estimate of drug-likeness (QED) is 0.908. The van der Waals surface area contributed by atoms with Gasteiger partial charge in [-0.3, -0.25) is 4.79 Å². The van der Waals surface area contributed by atoms with Gasteiger partial charge in [0.25, 0.3) is 5.91 Å². The van der Waals surface area contributed by atoms with Gasteiger partial charge in [0.05, 0.1) is 5.69 Å². The van der Waals surface area contributed by atoms with E-state index in [0.29, 0.717) is 17.5 Å². The predicted molar refractivity (Wildman–Crippen MR) is 61.7 cm³/mol. The molecule has 0 radical (unpaired) electrons. The number of benzene rings is 1. The van der Waals surface area contributed by atoms with E-state index < -0.39 is 11.9 Å². The summed E-state index contributed by atoms with van der Waals surface area (Å²) in [6.07, 6.45) is 1.13. The van der Waals surface area contributed by atoms with Gasteiger partial charge in [-0.05, 0) is 31.0 Å². The maximum atomic E-state index is 13.4. The van der Waals surface area contributed by atoms with Gasteiger partial charge < -0.3 is 10.1 Å². The van der Waals surface area contributed by atoms with Gasteiger partial charge in [-0.1, -0.05) is 15.9 Å². The zero-order valence-corrected chi connectivity index (χ0v) is 10.1. The van der Waals surface area contributed by atoms with Crippen LogP contribution in [0.25, 0.3) is 0 Å². The van der Waals surface area contributed by atoms with E-state index in [1.165, 1.54) is 12.1 Å². The summed E-state index contributed by atoms with van der Waals surface area (Å²) < 4.78 is 19.3. The van der Waals surface area contributed by atoms with E-state index in [9.17, 15) is 9.18 Å². The van der Waals surface area contributed by atoms with Crippen molar-refractivity contribution in [3.63, 3.8) is 0 Å². The number of anilines is 1.